The molecule has 0 bridgehead atoms. The van der Waals surface area contributed by atoms with E-state index in [1.165, 1.54) is 15.8 Å². The molecule has 0 aromatic carbocycles. The SMILES string of the molecule is CCOC(=O)[C@@H]1CCCN(C(=O)Cn2cnc3sc4c(c3c2=O)CCCC4)C1. The monoisotopic (exact) mass is 403 g/mol. The predicted octanol–water partition coefficient (Wildman–Crippen LogP) is 2.14. The van der Waals surface area contributed by atoms with Crippen LogP contribution >= 0.6 is 11.3 Å². The Morgan fingerprint density at radius 3 is 2.93 bits per heavy atom. The van der Waals surface area contributed by atoms with Crippen LogP contribution in [0.4, 0.5) is 0 Å². The summed E-state index contributed by atoms with van der Waals surface area (Å²) < 4.78 is 6.51. The molecule has 2 aliphatic rings. The molecule has 8 heteroatoms. The molecule has 0 radical (unpaired) electrons. The van der Waals surface area contributed by atoms with E-state index in [4.69, 9.17) is 4.74 Å². The number of esters is 1. The van der Waals surface area contributed by atoms with Crippen molar-refractivity contribution in [1.29, 1.82) is 0 Å². The molecule has 1 atom stereocenters. The number of aryl methyl sites for hydroxylation is 2. The van der Waals surface area contributed by atoms with E-state index in [-0.39, 0.29) is 29.9 Å². The van der Waals surface area contributed by atoms with Crippen LogP contribution in [0, 0.1) is 5.92 Å². The lowest BCUT2D eigenvalue weighted by molar-refractivity contribution is -0.151. The minimum Gasteiger partial charge on any atom is -0.466 e. The van der Waals surface area contributed by atoms with E-state index in [1.807, 2.05) is 0 Å². The molecule has 1 amide bonds. The van der Waals surface area contributed by atoms with Gasteiger partial charge in [-0.15, -0.1) is 11.3 Å². The van der Waals surface area contributed by atoms with Gasteiger partial charge >= 0.3 is 5.97 Å². The summed E-state index contributed by atoms with van der Waals surface area (Å²) in [6.07, 6.45) is 7.15. The quantitative estimate of drug-likeness (QED) is 0.731. The number of fused-ring (bicyclic) bond motifs is 3. The van der Waals surface area contributed by atoms with Crippen LogP contribution in [0.2, 0.25) is 0 Å². The van der Waals surface area contributed by atoms with E-state index >= 15 is 0 Å². The third kappa shape index (κ3) is 3.57. The lowest BCUT2D eigenvalue weighted by Gasteiger charge is -2.31. The molecular formula is C20H25N3O4S. The van der Waals surface area contributed by atoms with Gasteiger partial charge in [0.15, 0.2) is 0 Å². The highest BCUT2D eigenvalue weighted by Crippen LogP contribution is 2.33. The summed E-state index contributed by atoms with van der Waals surface area (Å²) in [5.74, 6) is -0.676. The number of carbonyl (C=O) groups is 2. The fraction of sp³-hybridized carbons (Fsp3) is 0.600. The number of thiophene rings is 1. The summed E-state index contributed by atoms with van der Waals surface area (Å²) in [6.45, 7) is 3.04. The normalized spacial score (nSPS) is 19.5. The molecule has 1 aliphatic carbocycles. The highest BCUT2D eigenvalue weighted by Gasteiger charge is 2.29. The van der Waals surface area contributed by atoms with Crippen molar-refractivity contribution in [3.05, 3.63) is 27.1 Å². The maximum absolute atomic E-state index is 13.0. The molecule has 1 aliphatic heterocycles. The topological polar surface area (TPSA) is 81.5 Å². The summed E-state index contributed by atoms with van der Waals surface area (Å²) in [6, 6.07) is 0. The summed E-state index contributed by atoms with van der Waals surface area (Å²) in [5, 5.41) is 0.693. The molecule has 2 aromatic heterocycles. The van der Waals surface area contributed by atoms with Crippen molar-refractivity contribution in [3.8, 4) is 0 Å². The maximum Gasteiger partial charge on any atom is 0.310 e. The first-order chi connectivity index (χ1) is 13.6. The van der Waals surface area contributed by atoms with E-state index in [2.05, 4.69) is 4.98 Å². The van der Waals surface area contributed by atoms with Gasteiger partial charge in [0.1, 0.15) is 11.4 Å². The molecule has 2 aromatic rings. The smallest absolute Gasteiger partial charge is 0.310 e. The van der Waals surface area contributed by atoms with Crippen LogP contribution in [-0.2, 0) is 33.7 Å². The van der Waals surface area contributed by atoms with Gasteiger partial charge in [0.2, 0.25) is 5.91 Å². The Morgan fingerprint density at radius 2 is 2.11 bits per heavy atom. The van der Waals surface area contributed by atoms with Crippen LogP contribution in [-0.4, -0.2) is 46.0 Å². The fourth-order valence-electron chi connectivity index (χ4n) is 4.20. The highest BCUT2D eigenvalue weighted by molar-refractivity contribution is 7.18. The second kappa shape index (κ2) is 8.03. The Kier molecular flexibility index (Phi) is 5.48. The third-order valence-electron chi connectivity index (χ3n) is 5.64. The molecule has 28 heavy (non-hydrogen) atoms. The lowest BCUT2D eigenvalue weighted by Crippen LogP contribution is -2.45. The molecule has 150 valence electrons. The van der Waals surface area contributed by atoms with Crippen LogP contribution in [0.25, 0.3) is 10.2 Å². The summed E-state index contributed by atoms with van der Waals surface area (Å²) in [7, 11) is 0. The zero-order chi connectivity index (χ0) is 19.7. The van der Waals surface area contributed by atoms with Crippen LogP contribution in [0.5, 0.6) is 0 Å². The minimum absolute atomic E-state index is 0.0397. The van der Waals surface area contributed by atoms with Crippen molar-refractivity contribution < 1.29 is 14.3 Å². The molecule has 0 unspecified atom stereocenters. The summed E-state index contributed by atoms with van der Waals surface area (Å²) in [5.41, 5.74) is 1.00. The Labute approximate surface area is 167 Å². The Morgan fingerprint density at radius 1 is 1.29 bits per heavy atom. The molecule has 1 saturated heterocycles. The van der Waals surface area contributed by atoms with Crippen molar-refractivity contribution in [2.45, 2.75) is 52.0 Å². The van der Waals surface area contributed by atoms with Gasteiger partial charge in [-0.1, -0.05) is 0 Å². The number of hydrogen-bond donors (Lipinski definition) is 0. The van der Waals surface area contributed by atoms with Crippen molar-refractivity contribution in [1.82, 2.24) is 14.5 Å². The number of rotatable bonds is 4. The lowest BCUT2D eigenvalue weighted by atomic mass is 9.97. The minimum atomic E-state index is -0.279. The fourth-order valence-corrected chi connectivity index (χ4v) is 5.42. The van der Waals surface area contributed by atoms with Crippen molar-refractivity contribution in [2.24, 2.45) is 5.92 Å². The average molecular weight is 404 g/mol. The molecule has 4 rings (SSSR count). The Hall–Kier alpha value is -2.22. The summed E-state index contributed by atoms with van der Waals surface area (Å²) in [4.78, 5) is 46.0. The van der Waals surface area contributed by atoms with E-state index in [9.17, 15) is 14.4 Å². The van der Waals surface area contributed by atoms with E-state index < -0.39 is 0 Å². The molecule has 0 N–H and O–H groups in total. The number of amides is 1. The molecule has 7 nitrogen and oxygen atoms in total. The first-order valence-electron chi connectivity index (χ1n) is 10.0. The molecule has 1 fully saturated rings. The maximum atomic E-state index is 13.0. The average Bonchev–Trinajstić information content (AvgIpc) is 3.09. The number of ether oxygens (including phenoxy) is 1. The molecule has 0 spiro atoms. The van der Waals surface area contributed by atoms with Crippen LogP contribution in [0.1, 0.15) is 43.0 Å². The van der Waals surface area contributed by atoms with Crippen molar-refractivity contribution >= 4 is 33.4 Å². The van der Waals surface area contributed by atoms with Gasteiger partial charge in [-0.3, -0.25) is 19.0 Å². The number of nitrogens with zero attached hydrogens (tertiary/aromatic N) is 3. The number of hydrogen-bond acceptors (Lipinski definition) is 6. The molecule has 0 saturated carbocycles. The second-order valence-corrected chi connectivity index (χ2v) is 8.58. The van der Waals surface area contributed by atoms with Gasteiger partial charge in [0.25, 0.3) is 5.56 Å². The first kappa shape index (κ1) is 19.1. The zero-order valence-electron chi connectivity index (χ0n) is 16.1. The first-order valence-corrected chi connectivity index (χ1v) is 10.8. The van der Waals surface area contributed by atoms with Crippen LogP contribution in [0.15, 0.2) is 11.1 Å². The van der Waals surface area contributed by atoms with Gasteiger partial charge in [-0.25, -0.2) is 4.98 Å². The zero-order valence-corrected chi connectivity index (χ0v) is 16.9. The van der Waals surface area contributed by atoms with Crippen LogP contribution < -0.4 is 5.56 Å². The number of carbonyl (C=O) groups excluding carboxylic acids is 2. The van der Waals surface area contributed by atoms with E-state index in [0.717, 1.165) is 48.9 Å². The molecule has 3 heterocycles. The van der Waals surface area contributed by atoms with Crippen molar-refractivity contribution in [3.63, 3.8) is 0 Å². The Balaban J connectivity index is 1.53. The van der Waals surface area contributed by atoms with Gasteiger partial charge in [-0.05, 0) is 51.0 Å². The Bertz CT molecular complexity index is 964. The number of piperidine rings is 1. The molecular weight excluding hydrogens is 378 g/mol. The number of aromatic nitrogens is 2. The largest absolute Gasteiger partial charge is 0.466 e. The van der Waals surface area contributed by atoms with Gasteiger partial charge in [0, 0.05) is 18.0 Å². The standard InChI is InChI=1S/C20H25N3O4S/c1-2-27-20(26)13-6-5-9-22(10-13)16(24)11-23-12-21-18-17(19(23)25)14-7-3-4-8-15(14)28-18/h12-13H,2-11H2,1H3/t13-/m1/s1. The van der Waals surface area contributed by atoms with E-state index in [1.54, 1.807) is 23.2 Å². The second-order valence-electron chi connectivity index (χ2n) is 7.50. The van der Waals surface area contributed by atoms with Gasteiger partial charge < -0.3 is 9.64 Å². The number of likely N-dealkylation sites (tertiary alicyclic amines) is 1. The predicted molar refractivity (Wildman–Crippen MR) is 106 cm³/mol. The third-order valence-corrected chi connectivity index (χ3v) is 6.84. The van der Waals surface area contributed by atoms with Gasteiger partial charge in [-0.2, -0.15) is 0 Å². The van der Waals surface area contributed by atoms with Gasteiger partial charge in [0.05, 0.1) is 24.2 Å². The summed E-state index contributed by atoms with van der Waals surface area (Å²) >= 11 is 1.61. The van der Waals surface area contributed by atoms with Crippen molar-refractivity contribution in [2.75, 3.05) is 19.7 Å². The van der Waals surface area contributed by atoms with E-state index in [0.29, 0.717) is 25.1 Å². The van der Waals surface area contributed by atoms with Crippen LogP contribution in [0.3, 0.4) is 0 Å². The highest BCUT2D eigenvalue weighted by atomic mass is 32.1.